The highest BCUT2D eigenvalue weighted by Crippen LogP contribution is 2.44. The fourth-order valence-electron chi connectivity index (χ4n) is 3.27. The van der Waals surface area contributed by atoms with Crippen molar-refractivity contribution in [1.29, 1.82) is 0 Å². The van der Waals surface area contributed by atoms with Crippen molar-refractivity contribution < 1.29 is 24.5 Å². The molecule has 0 saturated carbocycles. The van der Waals surface area contributed by atoms with Crippen molar-refractivity contribution >= 4 is 46.5 Å². The van der Waals surface area contributed by atoms with Gasteiger partial charge in [-0.05, 0) is 60.4 Å². The molecule has 152 valence electrons. The number of fused-ring (bicyclic) bond motifs is 2. The molecule has 0 aromatic heterocycles. The molecule has 0 amide bonds. The summed E-state index contributed by atoms with van der Waals surface area (Å²) in [5, 5.41) is 22.8. The van der Waals surface area contributed by atoms with Crippen LogP contribution in [-0.2, 0) is 12.8 Å². The number of carbonyl (C=O) groups is 2. The molecule has 8 heteroatoms. The van der Waals surface area contributed by atoms with Crippen molar-refractivity contribution in [2.45, 2.75) is 12.8 Å². The lowest BCUT2D eigenvalue weighted by molar-refractivity contribution is 0.0696. The lowest BCUT2D eigenvalue weighted by Gasteiger charge is -2.24. The van der Waals surface area contributed by atoms with Gasteiger partial charge in [0.05, 0.1) is 32.5 Å². The number of carboxylic acid groups (broad SMARTS) is 2. The fourth-order valence-corrected chi connectivity index (χ4v) is 3.59. The van der Waals surface area contributed by atoms with E-state index in [9.17, 15) is 19.8 Å². The Morgan fingerprint density at radius 3 is 2.20 bits per heavy atom. The number of anilines is 2. The van der Waals surface area contributed by atoms with Crippen molar-refractivity contribution in [2.75, 3.05) is 5.32 Å². The van der Waals surface area contributed by atoms with Crippen LogP contribution < -0.4 is 10.1 Å². The van der Waals surface area contributed by atoms with Gasteiger partial charge >= 0.3 is 11.9 Å². The summed E-state index contributed by atoms with van der Waals surface area (Å²) >= 11 is 12.0. The van der Waals surface area contributed by atoms with Crippen LogP contribution >= 0.6 is 23.2 Å². The number of hydrogen-bond donors (Lipinski definition) is 3. The molecule has 30 heavy (non-hydrogen) atoms. The van der Waals surface area contributed by atoms with Gasteiger partial charge in [-0.3, -0.25) is 0 Å². The monoisotopic (exact) mass is 443 g/mol. The van der Waals surface area contributed by atoms with Gasteiger partial charge in [0.2, 0.25) is 0 Å². The highest BCUT2D eigenvalue weighted by atomic mass is 35.5. The van der Waals surface area contributed by atoms with E-state index in [1.807, 2.05) is 24.3 Å². The standard InChI is InChI=1S/C22H15Cl2NO5/c23-15-5-3-11(7-16(15)24)1-2-12-4-6-18-17(8-12)25-20-14(22(28)29)9-13(21(26)27)10-19(20)30-18/h3-10,25H,1-2H2,(H,26,27)(H,28,29). The van der Waals surface area contributed by atoms with Gasteiger partial charge in [0, 0.05) is 0 Å². The normalized spacial score (nSPS) is 11.7. The number of halogens is 2. The molecule has 6 nitrogen and oxygen atoms in total. The highest BCUT2D eigenvalue weighted by molar-refractivity contribution is 6.42. The predicted molar refractivity (Wildman–Crippen MR) is 114 cm³/mol. The van der Waals surface area contributed by atoms with E-state index in [0.717, 1.165) is 30.0 Å². The molecule has 0 fully saturated rings. The average Bonchev–Trinajstić information content (AvgIpc) is 2.72. The Bertz CT molecular complexity index is 1190. The van der Waals surface area contributed by atoms with Crippen molar-refractivity contribution in [3.8, 4) is 11.5 Å². The Kier molecular flexibility index (Phi) is 5.28. The highest BCUT2D eigenvalue weighted by Gasteiger charge is 2.25. The molecule has 1 aliphatic rings. The Morgan fingerprint density at radius 1 is 0.833 bits per heavy atom. The maximum atomic E-state index is 11.6. The largest absolute Gasteiger partial charge is 0.478 e. The summed E-state index contributed by atoms with van der Waals surface area (Å²) in [6, 6.07) is 13.5. The van der Waals surface area contributed by atoms with E-state index in [1.54, 1.807) is 12.1 Å². The molecule has 0 spiro atoms. The molecular formula is C22H15Cl2NO5. The van der Waals surface area contributed by atoms with Gasteiger partial charge in [0.15, 0.2) is 11.5 Å². The van der Waals surface area contributed by atoms with Crippen LogP contribution in [-0.4, -0.2) is 22.2 Å². The van der Waals surface area contributed by atoms with Crippen LogP contribution in [0.3, 0.4) is 0 Å². The Hall–Kier alpha value is -3.22. The molecule has 0 bridgehead atoms. The summed E-state index contributed by atoms with van der Waals surface area (Å²) in [4.78, 5) is 22.9. The number of rotatable bonds is 5. The molecule has 0 atom stereocenters. The third-order valence-corrected chi connectivity index (χ3v) is 5.53. The molecule has 1 heterocycles. The molecule has 4 rings (SSSR count). The average molecular weight is 444 g/mol. The lowest BCUT2D eigenvalue weighted by Crippen LogP contribution is -2.11. The molecule has 3 N–H and O–H groups in total. The molecule has 0 saturated heterocycles. The second kappa shape index (κ2) is 7.89. The van der Waals surface area contributed by atoms with Crippen molar-refractivity contribution in [3.63, 3.8) is 0 Å². The number of ether oxygens (including phenoxy) is 1. The van der Waals surface area contributed by atoms with Crippen molar-refractivity contribution in [1.82, 2.24) is 0 Å². The zero-order valence-electron chi connectivity index (χ0n) is 15.4. The fraction of sp³-hybridized carbons (Fsp3) is 0.0909. The lowest BCUT2D eigenvalue weighted by atomic mass is 10.0. The number of aromatic carboxylic acids is 2. The molecule has 3 aromatic rings. The summed E-state index contributed by atoms with van der Waals surface area (Å²) in [5.41, 5.74) is 2.57. The topological polar surface area (TPSA) is 95.9 Å². The minimum absolute atomic E-state index is 0.156. The summed E-state index contributed by atoms with van der Waals surface area (Å²) in [6.45, 7) is 0. The smallest absolute Gasteiger partial charge is 0.337 e. The van der Waals surface area contributed by atoms with E-state index in [-0.39, 0.29) is 22.6 Å². The van der Waals surface area contributed by atoms with Gasteiger partial charge in [-0.25, -0.2) is 9.59 Å². The third-order valence-electron chi connectivity index (χ3n) is 4.79. The van der Waals surface area contributed by atoms with Gasteiger partial charge in [0.25, 0.3) is 0 Å². The van der Waals surface area contributed by atoms with Gasteiger partial charge in [0.1, 0.15) is 0 Å². The van der Waals surface area contributed by atoms with Crippen LogP contribution in [0.2, 0.25) is 10.0 Å². The van der Waals surface area contributed by atoms with Gasteiger partial charge in [-0.15, -0.1) is 0 Å². The second-order valence-corrected chi connectivity index (χ2v) is 7.63. The minimum Gasteiger partial charge on any atom is -0.478 e. The Labute approximate surface area is 181 Å². The van der Waals surface area contributed by atoms with Crippen LogP contribution in [0.25, 0.3) is 0 Å². The molecule has 0 unspecified atom stereocenters. The first-order valence-corrected chi connectivity index (χ1v) is 9.74. The SMILES string of the molecule is O=C(O)c1cc2c(c(C(=O)O)c1)Nc1cc(CCc3ccc(Cl)c(Cl)c3)ccc1O2. The van der Waals surface area contributed by atoms with Crippen LogP contribution in [0.4, 0.5) is 11.4 Å². The molecule has 1 aliphatic heterocycles. The second-order valence-electron chi connectivity index (χ2n) is 6.81. The Balaban J connectivity index is 1.60. The molecular weight excluding hydrogens is 429 g/mol. The van der Waals surface area contributed by atoms with Crippen molar-refractivity contribution in [2.24, 2.45) is 0 Å². The van der Waals surface area contributed by atoms with E-state index in [0.29, 0.717) is 21.5 Å². The summed E-state index contributed by atoms with van der Waals surface area (Å²) in [5.74, 6) is -1.83. The quantitative estimate of drug-likeness (QED) is 0.348. The van der Waals surface area contributed by atoms with Crippen LogP contribution in [0, 0.1) is 0 Å². The number of benzene rings is 3. The number of nitrogens with one attached hydrogen (secondary N) is 1. The first-order valence-electron chi connectivity index (χ1n) is 8.98. The third kappa shape index (κ3) is 3.92. The molecule has 3 aromatic carbocycles. The van der Waals surface area contributed by atoms with Gasteiger partial charge < -0.3 is 20.3 Å². The van der Waals surface area contributed by atoms with E-state index < -0.39 is 11.9 Å². The molecule has 0 radical (unpaired) electrons. The van der Waals surface area contributed by atoms with Crippen LogP contribution in [0.5, 0.6) is 11.5 Å². The number of hydrogen-bond acceptors (Lipinski definition) is 4. The summed E-state index contributed by atoms with van der Waals surface area (Å²) in [7, 11) is 0. The zero-order valence-corrected chi connectivity index (χ0v) is 16.9. The predicted octanol–water partition coefficient (Wildman–Crippen LogP) is 6.02. The maximum Gasteiger partial charge on any atom is 0.337 e. The first kappa shape index (κ1) is 20.1. The van der Waals surface area contributed by atoms with E-state index in [2.05, 4.69) is 5.32 Å². The van der Waals surface area contributed by atoms with E-state index in [1.165, 1.54) is 6.07 Å². The van der Waals surface area contributed by atoms with E-state index >= 15 is 0 Å². The maximum absolute atomic E-state index is 11.6. The zero-order chi connectivity index (χ0) is 21.4. The first-order chi connectivity index (χ1) is 14.3. The van der Waals surface area contributed by atoms with Crippen molar-refractivity contribution in [3.05, 3.63) is 80.8 Å². The van der Waals surface area contributed by atoms with E-state index in [4.69, 9.17) is 27.9 Å². The number of carboxylic acids is 2. The van der Waals surface area contributed by atoms with Crippen LogP contribution in [0.1, 0.15) is 31.8 Å². The Morgan fingerprint density at radius 2 is 1.53 bits per heavy atom. The van der Waals surface area contributed by atoms with Crippen LogP contribution in [0.15, 0.2) is 48.5 Å². The van der Waals surface area contributed by atoms with Gasteiger partial charge in [-0.1, -0.05) is 35.3 Å². The summed E-state index contributed by atoms with van der Waals surface area (Å²) < 4.78 is 5.78. The minimum atomic E-state index is -1.25. The summed E-state index contributed by atoms with van der Waals surface area (Å²) in [6.07, 6.45) is 1.47. The molecule has 0 aliphatic carbocycles. The number of aryl methyl sites for hydroxylation is 2. The van der Waals surface area contributed by atoms with Gasteiger partial charge in [-0.2, -0.15) is 0 Å².